The Labute approximate surface area is 120 Å². The van der Waals surface area contributed by atoms with Gasteiger partial charge in [0, 0.05) is 29.4 Å². The number of rotatable bonds is 3. The van der Waals surface area contributed by atoms with Gasteiger partial charge in [-0.3, -0.25) is 0 Å². The van der Waals surface area contributed by atoms with Gasteiger partial charge in [-0.1, -0.05) is 6.07 Å². The second-order valence-electron chi connectivity index (χ2n) is 4.60. The van der Waals surface area contributed by atoms with Crippen molar-refractivity contribution >= 4 is 28.7 Å². The van der Waals surface area contributed by atoms with Crippen LogP contribution in [0.5, 0.6) is 0 Å². The van der Waals surface area contributed by atoms with E-state index in [-0.39, 0.29) is 6.03 Å². The summed E-state index contributed by atoms with van der Waals surface area (Å²) in [6, 6.07) is 6.35. The molecule has 1 aliphatic rings. The second kappa shape index (κ2) is 5.75. The molecule has 0 aliphatic carbocycles. The lowest BCUT2D eigenvalue weighted by Crippen LogP contribution is -2.43. The van der Waals surface area contributed by atoms with E-state index in [1.165, 1.54) is 15.3 Å². The lowest BCUT2D eigenvalue weighted by molar-refractivity contribution is 0.193. The van der Waals surface area contributed by atoms with Gasteiger partial charge in [0.15, 0.2) is 0 Å². The normalized spacial score (nSPS) is 14.2. The van der Waals surface area contributed by atoms with E-state index in [0.717, 1.165) is 25.9 Å². The van der Waals surface area contributed by atoms with Gasteiger partial charge in [-0.25, -0.2) is 4.79 Å². The second-order valence-corrected chi connectivity index (χ2v) is 6.63. The number of carbonyl (C=O) groups excluding carboxylic acids is 1. The minimum Gasteiger partial charge on any atom is -0.338 e. The van der Waals surface area contributed by atoms with Crippen LogP contribution in [0.1, 0.15) is 15.3 Å². The maximum Gasteiger partial charge on any atom is 0.317 e. The zero-order chi connectivity index (χ0) is 13.1. The van der Waals surface area contributed by atoms with Gasteiger partial charge < -0.3 is 10.2 Å². The number of fused-ring (bicyclic) bond motifs is 1. The Hall–Kier alpha value is -1.33. The third-order valence-corrected chi connectivity index (χ3v) is 5.28. The van der Waals surface area contributed by atoms with Gasteiger partial charge in [0.25, 0.3) is 0 Å². The highest BCUT2D eigenvalue weighted by atomic mass is 32.1. The van der Waals surface area contributed by atoms with Crippen LogP contribution in [-0.4, -0.2) is 24.0 Å². The molecule has 3 rings (SSSR count). The van der Waals surface area contributed by atoms with Crippen LogP contribution >= 0.6 is 22.7 Å². The molecule has 1 aliphatic heterocycles. The van der Waals surface area contributed by atoms with Crippen LogP contribution in [0, 0.1) is 0 Å². The van der Waals surface area contributed by atoms with Crippen molar-refractivity contribution < 1.29 is 4.79 Å². The number of carbonyl (C=O) groups is 1. The number of urea groups is 1. The zero-order valence-electron chi connectivity index (χ0n) is 10.6. The van der Waals surface area contributed by atoms with E-state index in [9.17, 15) is 4.79 Å². The molecular formula is C14H16N2OS2. The minimum absolute atomic E-state index is 0.0633. The van der Waals surface area contributed by atoms with E-state index in [2.05, 4.69) is 28.2 Å². The fourth-order valence-electron chi connectivity index (χ4n) is 2.28. The smallest absolute Gasteiger partial charge is 0.317 e. The molecule has 2 amide bonds. The molecule has 5 heteroatoms. The third kappa shape index (κ3) is 2.98. The molecule has 3 nitrogen and oxygen atoms in total. The van der Waals surface area contributed by atoms with Crippen LogP contribution in [0.3, 0.4) is 0 Å². The number of nitrogens with one attached hydrogen (secondary N) is 1. The Balaban J connectivity index is 1.49. The molecule has 0 aromatic carbocycles. The summed E-state index contributed by atoms with van der Waals surface area (Å²) in [4.78, 5) is 16.7. The van der Waals surface area contributed by atoms with E-state index in [1.807, 2.05) is 11.0 Å². The summed E-state index contributed by atoms with van der Waals surface area (Å²) in [6.07, 6.45) is 1.91. The molecule has 0 atom stereocenters. The summed E-state index contributed by atoms with van der Waals surface area (Å²) in [5, 5.41) is 7.19. The predicted molar refractivity (Wildman–Crippen MR) is 79.9 cm³/mol. The van der Waals surface area contributed by atoms with Crippen LogP contribution in [0.25, 0.3) is 0 Å². The number of hydrogen-bond acceptors (Lipinski definition) is 3. The van der Waals surface area contributed by atoms with E-state index in [1.54, 1.807) is 22.7 Å². The number of thiophene rings is 2. The molecule has 1 N–H and O–H groups in total. The largest absolute Gasteiger partial charge is 0.338 e. The first-order valence-corrected chi connectivity index (χ1v) is 8.19. The SMILES string of the molecule is O=C(NCCc1cccs1)N1CCc2sccc2C1. The Bertz CT molecular complexity index is 548. The first-order chi connectivity index (χ1) is 9.33. The fourth-order valence-corrected chi connectivity index (χ4v) is 3.88. The van der Waals surface area contributed by atoms with Gasteiger partial charge in [0.2, 0.25) is 0 Å². The van der Waals surface area contributed by atoms with E-state index in [0.29, 0.717) is 6.54 Å². The van der Waals surface area contributed by atoms with Crippen molar-refractivity contribution in [1.29, 1.82) is 0 Å². The van der Waals surface area contributed by atoms with Crippen molar-refractivity contribution in [3.05, 3.63) is 44.3 Å². The molecule has 0 radical (unpaired) electrons. The summed E-state index contributed by atoms with van der Waals surface area (Å²) < 4.78 is 0. The maximum atomic E-state index is 12.1. The molecule has 0 spiro atoms. The zero-order valence-corrected chi connectivity index (χ0v) is 12.2. The highest BCUT2D eigenvalue weighted by Crippen LogP contribution is 2.23. The molecule has 3 heterocycles. The third-order valence-electron chi connectivity index (χ3n) is 3.32. The molecule has 100 valence electrons. The highest BCUT2D eigenvalue weighted by Gasteiger charge is 2.20. The van der Waals surface area contributed by atoms with Gasteiger partial charge in [-0.15, -0.1) is 22.7 Å². The number of nitrogens with zero attached hydrogens (tertiary/aromatic N) is 1. The van der Waals surface area contributed by atoms with Gasteiger partial charge in [-0.05, 0) is 41.3 Å². The molecule has 2 aromatic heterocycles. The first-order valence-electron chi connectivity index (χ1n) is 6.43. The van der Waals surface area contributed by atoms with E-state index >= 15 is 0 Å². The molecule has 0 fully saturated rings. The Kier molecular flexibility index (Phi) is 3.84. The van der Waals surface area contributed by atoms with Gasteiger partial charge in [-0.2, -0.15) is 0 Å². The van der Waals surface area contributed by atoms with Crippen LogP contribution in [0.4, 0.5) is 4.79 Å². The van der Waals surface area contributed by atoms with Crippen LogP contribution in [0.15, 0.2) is 29.0 Å². The predicted octanol–water partition coefficient (Wildman–Crippen LogP) is 3.12. The van der Waals surface area contributed by atoms with Crippen molar-refractivity contribution in [3.8, 4) is 0 Å². The molecule has 2 aromatic rings. The standard InChI is InChI=1S/C14H16N2OS2/c17-14(15-6-3-12-2-1-8-18-12)16-7-4-13-11(10-16)5-9-19-13/h1-2,5,8-9H,3-4,6-7,10H2,(H,15,17). The summed E-state index contributed by atoms with van der Waals surface area (Å²) in [5.41, 5.74) is 1.31. The van der Waals surface area contributed by atoms with Crippen molar-refractivity contribution in [2.24, 2.45) is 0 Å². The Morgan fingerprint density at radius 1 is 1.32 bits per heavy atom. The maximum absolute atomic E-state index is 12.1. The van der Waals surface area contributed by atoms with Gasteiger partial charge in [0.1, 0.15) is 0 Å². The van der Waals surface area contributed by atoms with Crippen LogP contribution in [0.2, 0.25) is 0 Å². The summed E-state index contributed by atoms with van der Waals surface area (Å²) in [6.45, 7) is 2.30. The number of hydrogen-bond donors (Lipinski definition) is 1. The Morgan fingerprint density at radius 2 is 2.26 bits per heavy atom. The Morgan fingerprint density at radius 3 is 3.11 bits per heavy atom. The van der Waals surface area contributed by atoms with Gasteiger partial charge in [0.05, 0.1) is 0 Å². The topological polar surface area (TPSA) is 32.3 Å². The fraction of sp³-hybridized carbons (Fsp3) is 0.357. The van der Waals surface area contributed by atoms with Crippen molar-refractivity contribution in [2.45, 2.75) is 19.4 Å². The lowest BCUT2D eigenvalue weighted by atomic mass is 10.1. The molecule has 0 saturated heterocycles. The average molecular weight is 292 g/mol. The number of amides is 2. The molecule has 0 unspecified atom stereocenters. The molecule has 0 saturated carbocycles. The van der Waals surface area contributed by atoms with Crippen molar-refractivity contribution in [3.63, 3.8) is 0 Å². The molecular weight excluding hydrogens is 276 g/mol. The van der Waals surface area contributed by atoms with Crippen LogP contribution in [-0.2, 0) is 19.4 Å². The summed E-state index contributed by atoms with van der Waals surface area (Å²) >= 11 is 3.54. The van der Waals surface area contributed by atoms with Crippen molar-refractivity contribution in [2.75, 3.05) is 13.1 Å². The summed E-state index contributed by atoms with van der Waals surface area (Å²) in [7, 11) is 0. The first kappa shape index (κ1) is 12.7. The highest BCUT2D eigenvalue weighted by molar-refractivity contribution is 7.10. The average Bonchev–Trinajstić information content (AvgIpc) is 3.08. The minimum atomic E-state index is 0.0633. The van der Waals surface area contributed by atoms with E-state index < -0.39 is 0 Å². The van der Waals surface area contributed by atoms with E-state index in [4.69, 9.17) is 0 Å². The molecule has 19 heavy (non-hydrogen) atoms. The van der Waals surface area contributed by atoms with Gasteiger partial charge >= 0.3 is 6.03 Å². The van der Waals surface area contributed by atoms with Crippen LogP contribution < -0.4 is 5.32 Å². The summed E-state index contributed by atoms with van der Waals surface area (Å²) in [5.74, 6) is 0. The quantitative estimate of drug-likeness (QED) is 0.926. The van der Waals surface area contributed by atoms with Crippen molar-refractivity contribution in [1.82, 2.24) is 10.2 Å². The molecule has 0 bridgehead atoms. The monoisotopic (exact) mass is 292 g/mol. The lowest BCUT2D eigenvalue weighted by Gasteiger charge is -2.27.